The van der Waals surface area contributed by atoms with Crippen LogP contribution < -0.4 is 5.73 Å². The average molecular weight is 327 g/mol. The minimum atomic E-state index is -0.232. The lowest BCUT2D eigenvalue weighted by Crippen LogP contribution is -2.94. The second-order valence-electron chi connectivity index (χ2n) is 8.51. The van der Waals surface area contributed by atoms with Gasteiger partial charge in [0.25, 0.3) is 0 Å². The number of primary amides is 1. The molecule has 2 aromatic rings. The summed E-state index contributed by atoms with van der Waals surface area (Å²) in [5, 5.41) is 0. The molecule has 0 radical (unpaired) electrons. The second kappa shape index (κ2) is 4.07. The summed E-state index contributed by atoms with van der Waals surface area (Å²) in [4.78, 5) is 12.4. The molecule has 4 fully saturated rings. The van der Waals surface area contributed by atoms with E-state index >= 15 is 0 Å². The standard InChI is InChI=1S/C23H21NO/c24-20(25)22-13-19-17(11-15-7-3-1-4-8-15)18-12-21(14-22,23(18,19)22)16-9-5-2-6-10-16/h1-11,18-19H,12-14H2,(H2,24,25)/b17-11+. The first-order valence-electron chi connectivity index (χ1n) is 9.28. The molecule has 2 nitrogen and oxygen atoms in total. The lowest BCUT2D eigenvalue weighted by Gasteiger charge is -2.95. The molecule has 124 valence electrons. The summed E-state index contributed by atoms with van der Waals surface area (Å²) in [6, 6.07) is 21.4. The van der Waals surface area contributed by atoms with Gasteiger partial charge in [-0.15, -0.1) is 0 Å². The quantitative estimate of drug-likeness (QED) is 0.912. The van der Waals surface area contributed by atoms with Gasteiger partial charge in [0.2, 0.25) is 5.91 Å². The number of nitrogens with two attached hydrogens (primary N) is 1. The Kier molecular flexibility index (Phi) is 2.26. The molecule has 2 heteroatoms. The molecule has 0 saturated heterocycles. The largest absolute Gasteiger partial charge is 0.369 e. The molecule has 5 unspecified atom stereocenters. The van der Waals surface area contributed by atoms with Gasteiger partial charge in [-0.25, -0.2) is 0 Å². The Labute approximate surface area is 147 Å². The maximum Gasteiger partial charge on any atom is 0.224 e. The molecule has 0 aromatic heterocycles. The van der Waals surface area contributed by atoms with E-state index in [1.807, 2.05) is 0 Å². The van der Waals surface area contributed by atoms with Gasteiger partial charge in [0.1, 0.15) is 0 Å². The van der Waals surface area contributed by atoms with Gasteiger partial charge in [-0.05, 0) is 42.2 Å². The van der Waals surface area contributed by atoms with Crippen LogP contribution >= 0.6 is 0 Å². The van der Waals surface area contributed by atoms with Crippen LogP contribution in [0.1, 0.15) is 30.4 Å². The molecule has 1 spiro atoms. The zero-order valence-corrected chi connectivity index (χ0v) is 14.1. The molecular formula is C23H21NO. The van der Waals surface area contributed by atoms with E-state index in [1.165, 1.54) is 17.5 Å². The van der Waals surface area contributed by atoms with Crippen LogP contribution in [0.15, 0.2) is 66.2 Å². The van der Waals surface area contributed by atoms with Crippen molar-refractivity contribution in [2.45, 2.75) is 24.7 Å². The van der Waals surface area contributed by atoms with Crippen LogP contribution in [0.4, 0.5) is 0 Å². The Morgan fingerprint density at radius 3 is 2.24 bits per heavy atom. The summed E-state index contributed by atoms with van der Waals surface area (Å²) in [6.45, 7) is 0. The number of carbonyl (C=O) groups is 1. The highest BCUT2D eigenvalue weighted by Crippen LogP contribution is 2.98. The minimum Gasteiger partial charge on any atom is -0.369 e. The SMILES string of the molecule is NC(=O)C12CC3/C(=C/c4ccccc4)C4CC(c5ccccc5)(C1)C342. The lowest BCUT2D eigenvalue weighted by molar-refractivity contribution is -0.395. The first kappa shape index (κ1) is 13.9. The number of benzene rings is 2. The molecule has 0 bridgehead atoms. The second-order valence-corrected chi connectivity index (χ2v) is 8.51. The van der Waals surface area contributed by atoms with Crippen LogP contribution in [0.25, 0.3) is 6.08 Å². The maximum absolute atomic E-state index is 12.4. The van der Waals surface area contributed by atoms with E-state index in [-0.39, 0.29) is 22.2 Å². The normalized spacial score (nSPS) is 43.6. The summed E-state index contributed by atoms with van der Waals surface area (Å²) in [5.41, 5.74) is 10.3. The van der Waals surface area contributed by atoms with Crippen molar-refractivity contribution in [3.8, 4) is 0 Å². The first-order chi connectivity index (χ1) is 12.2. The average Bonchev–Trinajstić information content (AvgIpc) is 2.58. The van der Waals surface area contributed by atoms with Crippen LogP contribution in [-0.4, -0.2) is 5.91 Å². The fourth-order valence-electron chi connectivity index (χ4n) is 7.43. The highest BCUT2D eigenvalue weighted by molar-refractivity contribution is 5.90. The highest BCUT2D eigenvalue weighted by Gasteiger charge is 2.96. The number of carbonyl (C=O) groups excluding carboxylic acids is 1. The molecule has 2 N–H and O–H groups in total. The molecule has 25 heavy (non-hydrogen) atoms. The minimum absolute atomic E-state index is 0.0567. The Morgan fingerprint density at radius 2 is 1.60 bits per heavy atom. The third-order valence-corrected chi connectivity index (χ3v) is 8.13. The van der Waals surface area contributed by atoms with E-state index in [0.717, 1.165) is 12.8 Å². The molecule has 4 aliphatic rings. The molecule has 2 aromatic carbocycles. The van der Waals surface area contributed by atoms with Crippen molar-refractivity contribution < 1.29 is 4.79 Å². The zero-order chi connectivity index (χ0) is 16.9. The predicted octanol–water partition coefficient (Wildman–Crippen LogP) is 3.92. The molecule has 4 aliphatic carbocycles. The Morgan fingerprint density at radius 1 is 0.960 bits per heavy atom. The van der Waals surface area contributed by atoms with Crippen LogP contribution in [0.2, 0.25) is 0 Å². The van der Waals surface area contributed by atoms with Gasteiger partial charge in [-0.2, -0.15) is 0 Å². The topological polar surface area (TPSA) is 43.1 Å². The van der Waals surface area contributed by atoms with Crippen molar-refractivity contribution >= 4 is 12.0 Å². The van der Waals surface area contributed by atoms with E-state index in [1.54, 1.807) is 5.57 Å². The number of hydrogen-bond donors (Lipinski definition) is 1. The zero-order valence-electron chi connectivity index (χ0n) is 14.1. The number of hydrogen-bond acceptors (Lipinski definition) is 1. The van der Waals surface area contributed by atoms with E-state index in [0.29, 0.717) is 11.8 Å². The molecular weight excluding hydrogens is 306 g/mol. The Bertz CT molecular complexity index is 923. The highest BCUT2D eigenvalue weighted by atomic mass is 16.1. The summed E-state index contributed by atoms with van der Waals surface area (Å²) < 4.78 is 0. The van der Waals surface area contributed by atoms with Gasteiger partial charge in [0.05, 0.1) is 5.41 Å². The van der Waals surface area contributed by atoms with Gasteiger partial charge in [-0.3, -0.25) is 4.79 Å². The predicted molar refractivity (Wildman–Crippen MR) is 97.4 cm³/mol. The molecule has 1 amide bonds. The lowest BCUT2D eigenvalue weighted by atomic mass is 9.07. The summed E-state index contributed by atoms with van der Waals surface area (Å²) in [5.74, 6) is 1.04. The van der Waals surface area contributed by atoms with Gasteiger partial charge in [-0.1, -0.05) is 72.3 Å². The number of amides is 1. The summed E-state index contributed by atoms with van der Waals surface area (Å²) in [7, 11) is 0. The summed E-state index contributed by atoms with van der Waals surface area (Å²) in [6.07, 6.45) is 5.48. The van der Waals surface area contributed by atoms with Crippen molar-refractivity contribution in [3.63, 3.8) is 0 Å². The van der Waals surface area contributed by atoms with Gasteiger partial charge in [0.15, 0.2) is 0 Å². The molecule has 5 atom stereocenters. The smallest absolute Gasteiger partial charge is 0.224 e. The number of rotatable bonds is 3. The van der Waals surface area contributed by atoms with E-state index < -0.39 is 0 Å². The van der Waals surface area contributed by atoms with E-state index in [4.69, 9.17) is 5.73 Å². The van der Waals surface area contributed by atoms with Gasteiger partial charge < -0.3 is 5.73 Å². The fourth-order valence-corrected chi connectivity index (χ4v) is 7.43. The van der Waals surface area contributed by atoms with E-state index in [2.05, 4.69) is 66.7 Å². The monoisotopic (exact) mass is 327 g/mol. The molecule has 0 aliphatic heterocycles. The molecule has 0 heterocycles. The van der Waals surface area contributed by atoms with Gasteiger partial charge >= 0.3 is 0 Å². The Balaban J connectivity index is 1.44. The van der Waals surface area contributed by atoms with Crippen molar-refractivity contribution in [2.24, 2.45) is 28.4 Å². The third kappa shape index (κ3) is 1.19. The summed E-state index contributed by atoms with van der Waals surface area (Å²) >= 11 is 0. The van der Waals surface area contributed by atoms with Gasteiger partial charge in [0, 0.05) is 10.8 Å². The van der Waals surface area contributed by atoms with E-state index in [9.17, 15) is 4.79 Å². The van der Waals surface area contributed by atoms with Crippen LogP contribution in [0.5, 0.6) is 0 Å². The molecule has 6 rings (SSSR count). The van der Waals surface area contributed by atoms with Crippen molar-refractivity contribution in [3.05, 3.63) is 77.4 Å². The fraction of sp³-hybridized carbons (Fsp3) is 0.348. The molecule has 4 saturated carbocycles. The first-order valence-corrected chi connectivity index (χ1v) is 9.28. The Hall–Kier alpha value is -2.35. The van der Waals surface area contributed by atoms with Crippen molar-refractivity contribution in [1.82, 2.24) is 0 Å². The third-order valence-electron chi connectivity index (χ3n) is 8.13. The van der Waals surface area contributed by atoms with Crippen LogP contribution in [0, 0.1) is 22.7 Å². The van der Waals surface area contributed by atoms with Crippen molar-refractivity contribution in [2.75, 3.05) is 0 Å². The van der Waals surface area contributed by atoms with Crippen molar-refractivity contribution in [1.29, 1.82) is 0 Å². The van der Waals surface area contributed by atoms with Crippen LogP contribution in [-0.2, 0) is 10.2 Å². The van der Waals surface area contributed by atoms with Crippen LogP contribution in [0.3, 0.4) is 0 Å². The maximum atomic E-state index is 12.4. The number of allylic oxidation sites excluding steroid dienone is 1.